The average molecular weight is 389 g/mol. The van der Waals surface area contributed by atoms with Crippen molar-refractivity contribution in [3.05, 3.63) is 51.3 Å². The molecule has 0 aliphatic carbocycles. The van der Waals surface area contributed by atoms with Crippen molar-refractivity contribution in [1.29, 1.82) is 0 Å². The zero-order valence-electron chi connectivity index (χ0n) is 11.8. The largest absolute Gasteiger partial charge is 0.316 e. The van der Waals surface area contributed by atoms with E-state index in [0.717, 1.165) is 15.6 Å². The quantitative estimate of drug-likeness (QED) is 0.797. The lowest BCUT2D eigenvalue weighted by atomic mass is 10.1. The standard InChI is InChI=1S/C14H17BrN2O2S2/c1-10(12-3-5-13(15)6-4-12)17-21(18,19)14-7-11(8-16-2)9-20-14/h3-7,9-10,16-17H,8H2,1-2H3. The van der Waals surface area contributed by atoms with Crippen LogP contribution in [0, 0.1) is 0 Å². The van der Waals surface area contributed by atoms with E-state index in [2.05, 4.69) is 26.0 Å². The van der Waals surface area contributed by atoms with E-state index in [-0.39, 0.29) is 6.04 Å². The van der Waals surface area contributed by atoms with Crippen LogP contribution in [-0.4, -0.2) is 15.5 Å². The van der Waals surface area contributed by atoms with Crippen molar-refractivity contribution in [2.75, 3.05) is 7.05 Å². The second-order valence-corrected chi connectivity index (χ2v) is 8.47. The summed E-state index contributed by atoms with van der Waals surface area (Å²) < 4.78 is 28.8. The van der Waals surface area contributed by atoms with Gasteiger partial charge in [-0.05, 0) is 48.7 Å². The molecular weight excluding hydrogens is 372 g/mol. The lowest BCUT2D eigenvalue weighted by Gasteiger charge is -2.13. The SMILES string of the molecule is CNCc1csc(S(=O)(=O)NC(C)c2ccc(Br)cc2)c1. The number of rotatable bonds is 6. The van der Waals surface area contributed by atoms with Gasteiger partial charge in [0, 0.05) is 17.1 Å². The van der Waals surface area contributed by atoms with Gasteiger partial charge in [-0.1, -0.05) is 28.1 Å². The number of halogens is 1. The molecule has 1 atom stereocenters. The molecule has 0 aliphatic rings. The Hall–Kier alpha value is -0.730. The van der Waals surface area contributed by atoms with E-state index in [9.17, 15) is 8.42 Å². The van der Waals surface area contributed by atoms with Crippen LogP contribution < -0.4 is 10.0 Å². The van der Waals surface area contributed by atoms with E-state index in [4.69, 9.17) is 0 Å². The molecule has 7 heteroatoms. The summed E-state index contributed by atoms with van der Waals surface area (Å²) in [5, 5.41) is 4.86. The average Bonchev–Trinajstić information content (AvgIpc) is 2.89. The summed E-state index contributed by atoms with van der Waals surface area (Å²) in [5.74, 6) is 0. The summed E-state index contributed by atoms with van der Waals surface area (Å²) in [5.41, 5.74) is 1.90. The Morgan fingerprint density at radius 2 is 1.95 bits per heavy atom. The monoisotopic (exact) mass is 388 g/mol. The van der Waals surface area contributed by atoms with Crippen molar-refractivity contribution in [3.63, 3.8) is 0 Å². The Bertz CT molecular complexity index is 696. The van der Waals surface area contributed by atoms with Crippen LogP contribution in [0.15, 0.2) is 44.4 Å². The van der Waals surface area contributed by atoms with Crippen molar-refractivity contribution in [1.82, 2.24) is 10.0 Å². The Morgan fingerprint density at radius 3 is 2.57 bits per heavy atom. The number of thiophene rings is 1. The summed E-state index contributed by atoms with van der Waals surface area (Å²) in [6.45, 7) is 2.50. The highest BCUT2D eigenvalue weighted by Crippen LogP contribution is 2.23. The number of hydrogen-bond donors (Lipinski definition) is 2. The van der Waals surface area contributed by atoms with Crippen LogP contribution in [0.25, 0.3) is 0 Å². The predicted octanol–water partition coefficient (Wildman–Crippen LogP) is 3.27. The first kappa shape index (κ1) is 16.6. The number of nitrogens with one attached hydrogen (secondary N) is 2. The first-order valence-corrected chi connectivity index (χ1v) is 9.58. The van der Waals surface area contributed by atoms with Gasteiger partial charge in [0.1, 0.15) is 4.21 Å². The Labute approximate surface area is 137 Å². The summed E-state index contributed by atoms with van der Waals surface area (Å²) >= 11 is 4.61. The van der Waals surface area contributed by atoms with E-state index in [1.165, 1.54) is 11.3 Å². The van der Waals surface area contributed by atoms with Crippen molar-refractivity contribution >= 4 is 37.3 Å². The van der Waals surface area contributed by atoms with Gasteiger partial charge in [0.2, 0.25) is 0 Å². The molecule has 0 saturated carbocycles. The molecule has 1 unspecified atom stereocenters. The van der Waals surface area contributed by atoms with E-state index in [0.29, 0.717) is 10.8 Å². The first-order chi connectivity index (χ1) is 9.92. The minimum atomic E-state index is -3.49. The predicted molar refractivity (Wildman–Crippen MR) is 90.0 cm³/mol. The fourth-order valence-electron chi connectivity index (χ4n) is 1.90. The summed E-state index contributed by atoms with van der Waals surface area (Å²) in [6.07, 6.45) is 0. The van der Waals surface area contributed by atoms with E-state index in [1.54, 1.807) is 6.07 Å². The Morgan fingerprint density at radius 1 is 1.29 bits per heavy atom. The topological polar surface area (TPSA) is 58.2 Å². The second kappa shape index (κ2) is 7.02. The number of sulfonamides is 1. The molecule has 1 aromatic heterocycles. The molecule has 2 aromatic rings. The third-order valence-corrected chi connectivity index (χ3v) is 6.54. The highest BCUT2D eigenvalue weighted by Gasteiger charge is 2.20. The van der Waals surface area contributed by atoms with Crippen LogP contribution in [0.5, 0.6) is 0 Å². The van der Waals surface area contributed by atoms with E-state index >= 15 is 0 Å². The summed E-state index contributed by atoms with van der Waals surface area (Å²) in [7, 11) is -1.65. The molecule has 0 spiro atoms. The zero-order valence-corrected chi connectivity index (χ0v) is 15.0. The smallest absolute Gasteiger partial charge is 0.250 e. The van der Waals surface area contributed by atoms with Crippen LogP contribution in [0.4, 0.5) is 0 Å². The van der Waals surface area contributed by atoms with Gasteiger partial charge in [0.15, 0.2) is 0 Å². The van der Waals surface area contributed by atoms with Crippen molar-refractivity contribution < 1.29 is 8.42 Å². The lowest BCUT2D eigenvalue weighted by Crippen LogP contribution is -2.26. The molecule has 21 heavy (non-hydrogen) atoms. The maximum Gasteiger partial charge on any atom is 0.250 e. The van der Waals surface area contributed by atoms with Gasteiger partial charge in [0.25, 0.3) is 10.0 Å². The van der Waals surface area contributed by atoms with Gasteiger partial charge in [0.05, 0.1) is 0 Å². The van der Waals surface area contributed by atoms with Crippen molar-refractivity contribution in [2.24, 2.45) is 0 Å². The van der Waals surface area contributed by atoms with Crippen LogP contribution >= 0.6 is 27.3 Å². The molecule has 0 amide bonds. The molecule has 0 bridgehead atoms. The highest BCUT2D eigenvalue weighted by molar-refractivity contribution is 9.10. The molecule has 1 aromatic carbocycles. The minimum Gasteiger partial charge on any atom is -0.316 e. The fourth-order valence-corrected chi connectivity index (χ4v) is 4.62. The normalized spacial score (nSPS) is 13.3. The van der Waals surface area contributed by atoms with E-state index < -0.39 is 10.0 Å². The lowest BCUT2D eigenvalue weighted by molar-refractivity contribution is 0.569. The maximum absolute atomic E-state index is 12.4. The molecule has 0 radical (unpaired) electrons. The third kappa shape index (κ3) is 4.37. The van der Waals surface area contributed by atoms with Crippen LogP contribution in [-0.2, 0) is 16.6 Å². The molecule has 114 valence electrons. The van der Waals surface area contributed by atoms with Gasteiger partial charge < -0.3 is 5.32 Å². The Kier molecular flexibility index (Phi) is 5.56. The summed E-state index contributed by atoms with van der Waals surface area (Å²) in [6, 6.07) is 9.03. The molecule has 0 saturated heterocycles. The van der Waals surface area contributed by atoms with Crippen LogP contribution in [0.2, 0.25) is 0 Å². The Balaban J connectivity index is 2.14. The van der Waals surface area contributed by atoms with Crippen molar-refractivity contribution in [2.45, 2.75) is 23.7 Å². The molecule has 4 nitrogen and oxygen atoms in total. The fraction of sp³-hybridized carbons (Fsp3) is 0.286. The van der Waals surface area contributed by atoms with Gasteiger partial charge >= 0.3 is 0 Å². The van der Waals surface area contributed by atoms with E-state index in [1.807, 2.05) is 43.6 Å². The number of benzene rings is 1. The molecule has 0 aliphatic heterocycles. The highest BCUT2D eigenvalue weighted by atomic mass is 79.9. The third-order valence-electron chi connectivity index (χ3n) is 2.98. The first-order valence-electron chi connectivity index (χ1n) is 6.42. The number of hydrogen-bond acceptors (Lipinski definition) is 4. The molecule has 1 heterocycles. The zero-order chi connectivity index (χ0) is 15.5. The van der Waals surface area contributed by atoms with Gasteiger partial charge in [-0.25, -0.2) is 13.1 Å². The van der Waals surface area contributed by atoms with Gasteiger partial charge in [-0.15, -0.1) is 11.3 Å². The van der Waals surface area contributed by atoms with Gasteiger partial charge in [-0.2, -0.15) is 0 Å². The molecule has 2 N–H and O–H groups in total. The van der Waals surface area contributed by atoms with Gasteiger partial charge in [-0.3, -0.25) is 0 Å². The van der Waals surface area contributed by atoms with Crippen molar-refractivity contribution in [3.8, 4) is 0 Å². The maximum atomic E-state index is 12.4. The second-order valence-electron chi connectivity index (χ2n) is 4.70. The molecular formula is C14H17BrN2O2S2. The molecule has 2 rings (SSSR count). The molecule has 0 fully saturated rings. The minimum absolute atomic E-state index is 0.280. The summed E-state index contributed by atoms with van der Waals surface area (Å²) in [4.78, 5) is 0. The van der Waals surface area contributed by atoms with Crippen LogP contribution in [0.1, 0.15) is 24.1 Å². The van der Waals surface area contributed by atoms with Crippen LogP contribution in [0.3, 0.4) is 0 Å².